The van der Waals surface area contributed by atoms with E-state index in [-0.39, 0.29) is 17.4 Å². The Labute approximate surface area is 153 Å². The minimum Gasteiger partial charge on any atom is -0.504 e. The highest BCUT2D eigenvalue weighted by Crippen LogP contribution is 2.42. The Hall–Kier alpha value is -3.06. The van der Waals surface area contributed by atoms with E-state index in [0.29, 0.717) is 17.7 Å². The average molecular weight is 368 g/mol. The summed E-state index contributed by atoms with van der Waals surface area (Å²) in [5.74, 6) is 0.250. The van der Waals surface area contributed by atoms with Gasteiger partial charge in [-0.1, -0.05) is 18.2 Å². The molecule has 0 fully saturated rings. The van der Waals surface area contributed by atoms with Crippen molar-refractivity contribution in [2.24, 2.45) is 5.10 Å². The molecule has 0 radical (unpaired) electrons. The lowest BCUT2D eigenvalue weighted by Crippen LogP contribution is -2.27. The number of amides is 1. The summed E-state index contributed by atoms with van der Waals surface area (Å²) in [4.78, 5) is 13.9. The predicted molar refractivity (Wildman–Crippen MR) is 97.8 cm³/mol. The highest BCUT2D eigenvalue weighted by Gasteiger charge is 2.37. The molecule has 0 unspecified atom stereocenters. The number of carbonyl (C=O) groups excluding carboxylic acids is 1. The van der Waals surface area contributed by atoms with Gasteiger partial charge in [-0.2, -0.15) is 5.10 Å². The minimum atomic E-state index is -0.397. The highest BCUT2D eigenvalue weighted by molar-refractivity contribution is 7.12. The Morgan fingerprint density at radius 3 is 2.88 bits per heavy atom. The lowest BCUT2D eigenvalue weighted by molar-refractivity contribution is 0.0676. The molecule has 1 amide bonds. The second-order valence-electron chi connectivity index (χ2n) is 5.77. The Morgan fingerprint density at radius 2 is 2.19 bits per heavy atom. The molecule has 4 rings (SSSR count). The fourth-order valence-corrected chi connectivity index (χ4v) is 3.79. The van der Waals surface area contributed by atoms with Gasteiger partial charge in [-0.05, 0) is 29.6 Å². The van der Waals surface area contributed by atoms with Crippen LogP contribution in [0.2, 0.25) is 0 Å². The monoisotopic (exact) mass is 368 g/mol. The van der Waals surface area contributed by atoms with Crippen molar-refractivity contribution in [3.8, 4) is 11.5 Å². The number of benzene rings is 1. The number of nitrogens with zero attached hydrogens (tertiary/aromatic N) is 2. The van der Waals surface area contributed by atoms with Crippen molar-refractivity contribution in [1.82, 2.24) is 5.01 Å². The first-order valence-corrected chi connectivity index (χ1v) is 8.91. The minimum absolute atomic E-state index is 0.0278. The van der Waals surface area contributed by atoms with Crippen molar-refractivity contribution >= 4 is 23.0 Å². The number of phenolic OH excluding ortho intramolecular Hbond substituents is 1. The molecule has 1 atom stereocenters. The Balaban J connectivity index is 1.78. The van der Waals surface area contributed by atoms with Crippen LogP contribution < -0.4 is 4.74 Å². The molecule has 0 saturated carbocycles. The zero-order chi connectivity index (χ0) is 18.1. The summed E-state index contributed by atoms with van der Waals surface area (Å²) < 4.78 is 10.6. The summed E-state index contributed by atoms with van der Waals surface area (Å²) in [5.41, 5.74) is 1.51. The molecule has 1 aromatic carbocycles. The maximum absolute atomic E-state index is 12.9. The second kappa shape index (κ2) is 6.68. The van der Waals surface area contributed by atoms with Gasteiger partial charge >= 0.3 is 5.91 Å². The average Bonchev–Trinajstić information content (AvgIpc) is 3.41. The van der Waals surface area contributed by atoms with Gasteiger partial charge in [0.1, 0.15) is 0 Å². The van der Waals surface area contributed by atoms with Crippen molar-refractivity contribution in [2.75, 3.05) is 7.11 Å². The van der Waals surface area contributed by atoms with E-state index in [1.54, 1.807) is 35.6 Å². The highest BCUT2D eigenvalue weighted by atomic mass is 32.1. The Bertz CT molecular complexity index is 948. The summed E-state index contributed by atoms with van der Waals surface area (Å²) in [7, 11) is 1.49. The maximum Gasteiger partial charge on any atom is 0.310 e. The summed E-state index contributed by atoms with van der Waals surface area (Å²) in [6.45, 7) is 0. The van der Waals surface area contributed by atoms with E-state index in [4.69, 9.17) is 9.15 Å². The van der Waals surface area contributed by atoms with Gasteiger partial charge in [-0.25, -0.2) is 5.01 Å². The molecule has 7 heteroatoms. The number of para-hydroxylation sites is 1. The summed E-state index contributed by atoms with van der Waals surface area (Å²) >= 11 is 1.57. The molecule has 1 aliphatic heterocycles. The molecule has 6 nitrogen and oxygen atoms in total. The largest absolute Gasteiger partial charge is 0.504 e. The van der Waals surface area contributed by atoms with Crippen LogP contribution in [0.3, 0.4) is 0 Å². The van der Waals surface area contributed by atoms with Gasteiger partial charge in [-0.15, -0.1) is 11.3 Å². The van der Waals surface area contributed by atoms with Gasteiger partial charge in [0.25, 0.3) is 0 Å². The van der Waals surface area contributed by atoms with E-state index in [0.717, 1.165) is 10.6 Å². The number of thiophene rings is 1. The van der Waals surface area contributed by atoms with Gasteiger partial charge in [0.2, 0.25) is 0 Å². The third-order valence-electron chi connectivity index (χ3n) is 4.24. The Kier molecular flexibility index (Phi) is 4.22. The van der Waals surface area contributed by atoms with Gasteiger partial charge in [0.15, 0.2) is 17.3 Å². The maximum atomic E-state index is 12.9. The molecule has 2 aromatic heterocycles. The van der Waals surface area contributed by atoms with E-state index in [2.05, 4.69) is 5.10 Å². The van der Waals surface area contributed by atoms with E-state index >= 15 is 0 Å². The molecule has 3 aromatic rings. The van der Waals surface area contributed by atoms with Crippen LogP contribution in [-0.2, 0) is 0 Å². The summed E-state index contributed by atoms with van der Waals surface area (Å²) in [5, 5.41) is 18.1. The van der Waals surface area contributed by atoms with Crippen LogP contribution in [0.5, 0.6) is 11.5 Å². The fourth-order valence-electron chi connectivity index (χ4n) is 3.07. The SMILES string of the molecule is COc1c(O)cccc1[C@H]1CC(c2cccs2)=NN1C(=O)c1ccco1. The molecular formula is C19H16N2O4S. The van der Waals surface area contributed by atoms with Gasteiger partial charge in [0, 0.05) is 12.0 Å². The molecule has 0 bridgehead atoms. The number of aromatic hydroxyl groups is 1. The number of methoxy groups -OCH3 is 1. The molecule has 0 saturated heterocycles. The van der Waals surface area contributed by atoms with Crippen LogP contribution in [0.4, 0.5) is 0 Å². The number of hydrogen-bond acceptors (Lipinski definition) is 6. The normalized spacial score (nSPS) is 16.6. The number of rotatable bonds is 4. The second-order valence-corrected chi connectivity index (χ2v) is 6.72. The van der Waals surface area contributed by atoms with Crippen LogP contribution in [0.25, 0.3) is 0 Å². The number of carbonyl (C=O) groups is 1. The molecule has 1 N–H and O–H groups in total. The van der Waals surface area contributed by atoms with Crippen LogP contribution in [0, 0.1) is 0 Å². The first kappa shape index (κ1) is 16.4. The van der Waals surface area contributed by atoms with E-state index < -0.39 is 6.04 Å². The predicted octanol–water partition coefficient (Wildman–Crippen LogP) is 4.05. The Morgan fingerprint density at radius 1 is 1.31 bits per heavy atom. The molecule has 0 aliphatic carbocycles. The molecule has 1 aliphatic rings. The van der Waals surface area contributed by atoms with Crippen LogP contribution in [0.1, 0.15) is 33.5 Å². The van der Waals surface area contributed by atoms with E-state index in [1.165, 1.54) is 18.4 Å². The van der Waals surface area contributed by atoms with E-state index in [1.807, 2.05) is 23.6 Å². The molecule has 132 valence electrons. The fraction of sp³-hybridized carbons (Fsp3) is 0.158. The number of furan rings is 1. The third-order valence-corrected chi connectivity index (χ3v) is 5.16. The molecule has 0 spiro atoms. The molecule has 26 heavy (non-hydrogen) atoms. The smallest absolute Gasteiger partial charge is 0.310 e. The number of hydrogen-bond donors (Lipinski definition) is 1. The van der Waals surface area contributed by atoms with Crippen molar-refractivity contribution in [1.29, 1.82) is 0 Å². The van der Waals surface area contributed by atoms with E-state index in [9.17, 15) is 9.90 Å². The first-order chi connectivity index (χ1) is 12.7. The zero-order valence-electron chi connectivity index (χ0n) is 14.0. The standard InChI is InChI=1S/C19H16N2O4S/c1-24-18-12(5-2-6-15(18)22)14-11-13(17-8-4-10-26-17)20-21(14)19(23)16-7-3-9-25-16/h2-10,14,22H,11H2,1H3/t14-/m1/s1. The van der Waals surface area contributed by atoms with Crippen LogP contribution in [-0.4, -0.2) is 28.8 Å². The van der Waals surface area contributed by atoms with Crippen LogP contribution >= 0.6 is 11.3 Å². The van der Waals surface area contributed by atoms with Crippen LogP contribution in [0.15, 0.2) is 63.6 Å². The van der Waals surface area contributed by atoms with Crippen molar-refractivity contribution < 1.29 is 19.1 Å². The third kappa shape index (κ3) is 2.76. The molecule has 3 heterocycles. The van der Waals surface area contributed by atoms with Crippen molar-refractivity contribution in [3.05, 3.63) is 70.3 Å². The first-order valence-electron chi connectivity index (χ1n) is 8.03. The molecular weight excluding hydrogens is 352 g/mol. The summed E-state index contributed by atoms with van der Waals surface area (Å²) in [6.07, 6.45) is 1.98. The van der Waals surface area contributed by atoms with Crippen molar-refractivity contribution in [2.45, 2.75) is 12.5 Å². The number of phenols is 1. The van der Waals surface area contributed by atoms with Gasteiger partial charge in [0.05, 0.1) is 30.0 Å². The van der Waals surface area contributed by atoms with Gasteiger partial charge in [-0.3, -0.25) is 4.79 Å². The number of hydrazone groups is 1. The topological polar surface area (TPSA) is 75.3 Å². The number of ether oxygens (including phenoxy) is 1. The van der Waals surface area contributed by atoms with Gasteiger partial charge < -0.3 is 14.3 Å². The zero-order valence-corrected chi connectivity index (χ0v) is 14.8. The summed E-state index contributed by atoms with van der Waals surface area (Å²) in [6, 6.07) is 11.9. The lowest BCUT2D eigenvalue weighted by Gasteiger charge is -2.23. The lowest BCUT2D eigenvalue weighted by atomic mass is 9.99. The quantitative estimate of drug-likeness (QED) is 0.754. The van der Waals surface area contributed by atoms with Crippen molar-refractivity contribution in [3.63, 3.8) is 0 Å².